The Kier molecular flexibility index (Phi) is 6.37. The zero-order chi connectivity index (χ0) is 23.6. The van der Waals surface area contributed by atoms with Crippen molar-refractivity contribution in [1.29, 1.82) is 0 Å². The standard InChI is InChI=1S/C25H25FN2O4S/c1-3-32-22-12-10-21(11-13-22)27(33(30,31)23-14-8-20(26)9-15-23)17-25(29)28-18(2)16-19-6-4-5-7-24(19)28/h4-15,18H,3,16-17H2,1-2H3. The van der Waals surface area contributed by atoms with E-state index < -0.39 is 22.4 Å². The van der Waals surface area contributed by atoms with Gasteiger partial charge in [-0.2, -0.15) is 0 Å². The average Bonchev–Trinajstić information content (AvgIpc) is 3.14. The molecular weight excluding hydrogens is 443 g/mol. The molecule has 1 aliphatic heterocycles. The molecule has 0 saturated heterocycles. The summed E-state index contributed by atoms with van der Waals surface area (Å²) in [4.78, 5) is 15.0. The highest BCUT2D eigenvalue weighted by molar-refractivity contribution is 7.92. The summed E-state index contributed by atoms with van der Waals surface area (Å²) >= 11 is 0. The maximum atomic E-state index is 13.5. The first kappa shape index (κ1) is 22.8. The van der Waals surface area contributed by atoms with E-state index in [1.54, 1.807) is 29.2 Å². The minimum atomic E-state index is -4.14. The molecule has 4 rings (SSSR count). The van der Waals surface area contributed by atoms with E-state index in [1.165, 1.54) is 12.1 Å². The van der Waals surface area contributed by atoms with Crippen LogP contribution in [0.5, 0.6) is 5.75 Å². The van der Waals surface area contributed by atoms with Gasteiger partial charge in [0.1, 0.15) is 18.1 Å². The molecule has 1 amide bonds. The predicted octanol–water partition coefficient (Wildman–Crippen LogP) is 4.40. The number of sulfonamides is 1. The van der Waals surface area contributed by atoms with E-state index in [9.17, 15) is 17.6 Å². The molecule has 33 heavy (non-hydrogen) atoms. The van der Waals surface area contributed by atoms with Crippen LogP contribution in [0.2, 0.25) is 0 Å². The first-order valence-corrected chi connectivity index (χ1v) is 12.2. The Morgan fingerprint density at radius 3 is 2.39 bits per heavy atom. The molecule has 0 radical (unpaired) electrons. The lowest BCUT2D eigenvalue weighted by Gasteiger charge is -2.29. The maximum Gasteiger partial charge on any atom is 0.264 e. The normalized spacial score (nSPS) is 15.2. The molecule has 1 aliphatic rings. The number of benzene rings is 3. The molecule has 6 nitrogen and oxygen atoms in total. The van der Waals surface area contributed by atoms with Crippen molar-refractivity contribution in [2.75, 3.05) is 22.4 Å². The van der Waals surface area contributed by atoms with Gasteiger partial charge in [0.15, 0.2) is 0 Å². The average molecular weight is 469 g/mol. The van der Waals surface area contributed by atoms with Crippen molar-refractivity contribution in [3.05, 3.63) is 84.2 Å². The number of nitrogens with zero attached hydrogens (tertiary/aromatic N) is 2. The summed E-state index contributed by atoms with van der Waals surface area (Å²) in [5.41, 5.74) is 2.16. The van der Waals surface area contributed by atoms with Gasteiger partial charge < -0.3 is 9.64 Å². The summed E-state index contributed by atoms with van der Waals surface area (Å²) in [7, 11) is -4.14. The third-order valence-corrected chi connectivity index (χ3v) is 7.38. The van der Waals surface area contributed by atoms with Gasteiger partial charge in [-0.15, -0.1) is 0 Å². The molecular formula is C25H25FN2O4S. The van der Waals surface area contributed by atoms with Gasteiger partial charge in [0, 0.05) is 11.7 Å². The third kappa shape index (κ3) is 4.57. The van der Waals surface area contributed by atoms with Crippen LogP contribution in [0.3, 0.4) is 0 Å². The highest BCUT2D eigenvalue weighted by atomic mass is 32.2. The second-order valence-electron chi connectivity index (χ2n) is 7.84. The quantitative estimate of drug-likeness (QED) is 0.516. The van der Waals surface area contributed by atoms with Crippen LogP contribution in [0.25, 0.3) is 0 Å². The molecule has 0 fully saturated rings. The van der Waals surface area contributed by atoms with Crippen LogP contribution >= 0.6 is 0 Å². The number of para-hydroxylation sites is 1. The third-order valence-electron chi connectivity index (χ3n) is 5.59. The second-order valence-corrected chi connectivity index (χ2v) is 9.70. The molecule has 0 bridgehead atoms. The minimum Gasteiger partial charge on any atom is -0.494 e. The largest absolute Gasteiger partial charge is 0.494 e. The summed E-state index contributed by atoms with van der Waals surface area (Å²) in [6.07, 6.45) is 0.704. The van der Waals surface area contributed by atoms with Gasteiger partial charge in [-0.25, -0.2) is 12.8 Å². The Hall–Kier alpha value is -3.39. The SMILES string of the molecule is CCOc1ccc(N(CC(=O)N2c3ccccc3CC2C)S(=O)(=O)c2ccc(F)cc2)cc1. The van der Waals surface area contributed by atoms with E-state index >= 15 is 0 Å². The van der Waals surface area contributed by atoms with Crippen molar-refractivity contribution < 1.29 is 22.3 Å². The fourth-order valence-corrected chi connectivity index (χ4v) is 5.48. The minimum absolute atomic E-state index is 0.0920. The van der Waals surface area contributed by atoms with Crippen LogP contribution < -0.4 is 13.9 Å². The Labute approximate surface area is 193 Å². The van der Waals surface area contributed by atoms with E-state index in [4.69, 9.17) is 4.74 Å². The summed E-state index contributed by atoms with van der Waals surface area (Å²) in [5.74, 6) is -0.291. The highest BCUT2D eigenvalue weighted by Gasteiger charge is 2.34. The van der Waals surface area contributed by atoms with E-state index in [0.29, 0.717) is 24.5 Å². The Morgan fingerprint density at radius 1 is 1.06 bits per heavy atom. The molecule has 1 atom stereocenters. The molecule has 0 aromatic heterocycles. The van der Waals surface area contributed by atoms with E-state index in [2.05, 4.69) is 0 Å². The van der Waals surface area contributed by atoms with Gasteiger partial charge in [0.25, 0.3) is 10.0 Å². The fraction of sp³-hybridized carbons (Fsp3) is 0.240. The van der Waals surface area contributed by atoms with Crippen LogP contribution in [-0.4, -0.2) is 33.5 Å². The van der Waals surface area contributed by atoms with E-state index in [-0.39, 0.29) is 16.8 Å². The molecule has 0 spiro atoms. The van der Waals surface area contributed by atoms with Gasteiger partial charge in [-0.05, 0) is 80.4 Å². The van der Waals surface area contributed by atoms with Crippen molar-refractivity contribution in [2.45, 2.75) is 31.2 Å². The monoisotopic (exact) mass is 468 g/mol. The molecule has 1 heterocycles. The highest BCUT2D eigenvalue weighted by Crippen LogP contribution is 2.33. The van der Waals surface area contributed by atoms with Crippen molar-refractivity contribution >= 4 is 27.3 Å². The smallest absolute Gasteiger partial charge is 0.264 e. The van der Waals surface area contributed by atoms with E-state index in [0.717, 1.165) is 27.7 Å². The molecule has 0 aliphatic carbocycles. The predicted molar refractivity (Wildman–Crippen MR) is 126 cm³/mol. The number of carbonyl (C=O) groups is 1. The summed E-state index contributed by atoms with van der Waals surface area (Å²) in [6, 6.07) is 18.6. The summed E-state index contributed by atoms with van der Waals surface area (Å²) < 4.78 is 47.0. The summed E-state index contributed by atoms with van der Waals surface area (Å²) in [6.45, 7) is 3.87. The van der Waals surface area contributed by atoms with Crippen LogP contribution in [0, 0.1) is 5.82 Å². The molecule has 0 N–H and O–H groups in total. The first-order chi connectivity index (χ1) is 15.8. The van der Waals surface area contributed by atoms with Crippen LogP contribution in [-0.2, 0) is 21.2 Å². The van der Waals surface area contributed by atoms with Crippen molar-refractivity contribution in [3.8, 4) is 5.75 Å². The number of amides is 1. The lowest BCUT2D eigenvalue weighted by Crippen LogP contribution is -2.45. The lowest BCUT2D eigenvalue weighted by atomic mass is 10.1. The van der Waals surface area contributed by atoms with Gasteiger partial charge in [-0.1, -0.05) is 18.2 Å². The van der Waals surface area contributed by atoms with Gasteiger partial charge >= 0.3 is 0 Å². The number of anilines is 2. The number of halogens is 1. The number of hydrogen-bond acceptors (Lipinski definition) is 4. The Balaban J connectivity index is 1.71. The number of fused-ring (bicyclic) bond motifs is 1. The van der Waals surface area contributed by atoms with Crippen LogP contribution in [0.1, 0.15) is 19.4 Å². The number of ether oxygens (including phenoxy) is 1. The van der Waals surface area contributed by atoms with Crippen molar-refractivity contribution in [3.63, 3.8) is 0 Å². The van der Waals surface area contributed by atoms with Crippen molar-refractivity contribution in [1.82, 2.24) is 0 Å². The fourth-order valence-electron chi connectivity index (χ4n) is 4.07. The number of carbonyl (C=O) groups excluding carboxylic acids is 1. The second kappa shape index (κ2) is 9.23. The lowest BCUT2D eigenvalue weighted by molar-refractivity contribution is -0.117. The zero-order valence-electron chi connectivity index (χ0n) is 18.4. The molecule has 3 aromatic rings. The maximum absolute atomic E-state index is 13.5. The Morgan fingerprint density at radius 2 is 1.73 bits per heavy atom. The molecule has 1 unspecified atom stereocenters. The first-order valence-electron chi connectivity index (χ1n) is 10.7. The molecule has 3 aromatic carbocycles. The van der Waals surface area contributed by atoms with Gasteiger partial charge in [0.05, 0.1) is 17.2 Å². The van der Waals surface area contributed by atoms with Crippen LogP contribution in [0.15, 0.2) is 77.7 Å². The van der Waals surface area contributed by atoms with Crippen LogP contribution in [0.4, 0.5) is 15.8 Å². The number of hydrogen-bond donors (Lipinski definition) is 0. The van der Waals surface area contributed by atoms with Gasteiger partial charge in [0.2, 0.25) is 5.91 Å². The molecule has 8 heteroatoms. The van der Waals surface area contributed by atoms with Gasteiger partial charge in [-0.3, -0.25) is 9.10 Å². The van der Waals surface area contributed by atoms with E-state index in [1.807, 2.05) is 38.1 Å². The van der Waals surface area contributed by atoms with Crippen molar-refractivity contribution in [2.24, 2.45) is 0 Å². The Bertz CT molecular complexity index is 1240. The zero-order valence-corrected chi connectivity index (χ0v) is 19.3. The molecule has 0 saturated carbocycles. The summed E-state index contributed by atoms with van der Waals surface area (Å²) in [5, 5.41) is 0. The number of rotatable bonds is 7. The molecule has 172 valence electrons. The topological polar surface area (TPSA) is 66.9 Å².